The van der Waals surface area contributed by atoms with Gasteiger partial charge < -0.3 is 9.80 Å². The highest BCUT2D eigenvalue weighted by molar-refractivity contribution is 8.16. The fourth-order valence-corrected chi connectivity index (χ4v) is 9.47. The van der Waals surface area contributed by atoms with E-state index in [0.717, 1.165) is 25.2 Å². The third kappa shape index (κ3) is 5.80. The number of piperidine rings is 1. The van der Waals surface area contributed by atoms with E-state index in [1.165, 1.54) is 35.9 Å². The molecule has 192 valence electrons. The van der Waals surface area contributed by atoms with Crippen LogP contribution in [-0.4, -0.2) is 55.4 Å². The highest BCUT2D eigenvalue weighted by atomic mass is 32.2. The van der Waals surface area contributed by atoms with E-state index < -0.39 is 9.84 Å². The number of amides is 1. The van der Waals surface area contributed by atoms with E-state index in [4.69, 9.17) is 0 Å². The number of sulfone groups is 1. The summed E-state index contributed by atoms with van der Waals surface area (Å²) in [4.78, 5) is 21.3. The molecule has 2 aromatic rings. The Labute approximate surface area is 219 Å². The maximum atomic E-state index is 12.5. The van der Waals surface area contributed by atoms with Crippen LogP contribution in [0.15, 0.2) is 59.6 Å². The van der Waals surface area contributed by atoms with Crippen LogP contribution in [0, 0.1) is 11.8 Å². The Morgan fingerprint density at radius 1 is 1.00 bits per heavy atom. The number of hydrogen-bond donors (Lipinski definition) is 0. The van der Waals surface area contributed by atoms with Gasteiger partial charge in [0.15, 0.2) is 15.0 Å². The number of rotatable bonds is 6. The first-order valence-corrected chi connectivity index (χ1v) is 15.6. The number of carbonyl (C=O) groups is 1. The lowest BCUT2D eigenvalue weighted by molar-refractivity contribution is -0.118. The Kier molecular flexibility index (Phi) is 7.45. The number of amidine groups is 1. The molecule has 3 heterocycles. The molecule has 3 fully saturated rings. The Morgan fingerprint density at radius 3 is 2.33 bits per heavy atom. The summed E-state index contributed by atoms with van der Waals surface area (Å²) in [7, 11) is -3.08. The number of aliphatic imine (C=N–C) groups is 1. The summed E-state index contributed by atoms with van der Waals surface area (Å²) in [6.45, 7) is 6.08. The predicted octanol–water partition coefficient (Wildman–Crippen LogP) is 4.79. The van der Waals surface area contributed by atoms with Crippen LogP contribution in [0.25, 0.3) is 0 Å². The lowest BCUT2D eigenvalue weighted by Gasteiger charge is -2.34. The molecule has 2 unspecified atom stereocenters. The van der Waals surface area contributed by atoms with Crippen LogP contribution in [0.3, 0.4) is 0 Å². The van der Waals surface area contributed by atoms with Crippen molar-refractivity contribution < 1.29 is 13.2 Å². The summed E-state index contributed by atoms with van der Waals surface area (Å²) in [6, 6.07) is 18.9. The van der Waals surface area contributed by atoms with Gasteiger partial charge in [-0.25, -0.2) is 8.42 Å². The van der Waals surface area contributed by atoms with Gasteiger partial charge >= 0.3 is 0 Å². The molecule has 3 saturated heterocycles. The van der Waals surface area contributed by atoms with Gasteiger partial charge in [0.25, 0.3) is 0 Å². The van der Waals surface area contributed by atoms with Gasteiger partial charge in [0.1, 0.15) is 0 Å². The van der Waals surface area contributed by atoms with E-state index in [0.29, 0.717) is 17.5 Å². The molecule has 2 atom stereocenters. The number of hydrogen-bond acceptors (Lipinski definition) is 5. The fraction of sp³-hybridized carbons (Fsp3) is 0.500. The summed E-state index contributed by atoms with van der Waals surface area (Å²) in [5.74, 6) is 1.06. The van der Waals surface area contributed by atoms with Gasteiger partial charge in [-0.1, -0.05) is 55.9 Å². The lowest BCUT2D eigenvalue weighted by Crippen LogP contribution is -2.38. The Bertz CT molecular complexity index is 1200. The molecule has 36 heavy (non-hydrogen) atoms. The molecule has 1 amide bonds. The highest BCUT2D eigenvalue weighted by Crippen LogP contribution is 2.41. The van der Waals surface area contributed by atoms with Crippen LogP contribution in [0.1, 0.15) is 38.7 Å². The van der Waals surface area contributed by atoms with E-state index in [-0.39, 0.29) is 34.6 Å². The molecule has 0 aromatic heterocycles. The number of benzene rings is 2. The minimum Gasteiger partial charge on any atom is -0.372 e. The molecule has 2 aromatic carbocycles. The topological polar surface area (TPSA) is 70.0 Å². The van der Waals surface area contributed by atoms with Gasteiger partial charge in [0.05, 0.1) is 17.5 Å². The predicted molar refractivity (Wildman–Crippen MR) is 150 cm³/mol. The number of nitrogens with zero attached hydrogens (tertiary/aromatic N) is 3. The zero-order valence-corrected chi connectivity index (χ0v) is 22.7. The van der Waals surface area contributed by atoms with Crippen LogP contribution < -0.4 is 9.80 Å². The second-order valence-corrected chi connectivity index (χ2v) is 14.1. The van der Waals surface area contributed by atoms with Crippen molar-refractivity contribution in [2.45, 2.75) is 50.8 Å². The Morgan fingerprint density at radius 2 is 1.67 bits per heavy atom. The molecule has 0 spiro atoms. The third-order valence-electron chi connectivity index (χ3n) is 7.34. The zero-order chi connectivity index (χ0) is 25.3. The van der Waals surface area contributed by atoms with Gasteiger partial charge in [0, 0.05) is 36.1 Å². The first-order valence-electron chi connectivity index (χ1n) is 12.9. The van der Waals surface area contributed by atoms with Crippen molar-refractivity contribution in [2.24, 2.45) is 16.8 Å². The molecule has 3 aliphatic heterocycles. The maximum Gasteiger partial charge on any atom is 0.248 e. The van der Waals surface area contributed by atoms with Crippen molar-refractivity contribution in [2.75, 3.05) is 34.4 Å². The van der Waals surface area contributed by atoms with Gasteiger partial charge in [-0.05, 0) is 60.9 Å². The van der Waals surface area contributed by atoms with Crippen molar-refractivity contribution >= 4 is 44.0 Å². The second kappa shape index (κ2) is 10.6. The minimum atomic E-state index is -3.08. The molecule has 3 aliphatic rings. The van der Waals surface area contributed by atoms with Crippen LogP contribution in [0.5, 0.6) is 0 Å². The lowest BCUT2D eigenvalue weighted by atomic mass is 9.90. The largest absolute Gasteiger partial charge is 0.372 e. The molecule has 8 heteroatoms. The highest BCUT2D eigenvalue weighted by Gasteiger charge is 2.49. The monoisotopic (exact) mass is 525 g/mol. The van der Waals surface area contributed by atoms with E-state index in [1.807, 2.05) is 18.7 Å². The van der Waals surface area contributed by atoms with E-state index >= 15 is 0 Å². The number of carbonyl (C=O) groups excluding carboxylic acids is 1. The number of thioether (sulfide) groups is 1. The quantitative estimate of drug-likeness (QED) is 0.540. The van der Waals surface area contributed by atoms with Gasteiger partial charge in [-0.2, -0.15) is 4.99 Å². The summed E-state index contributed by atoms with van der Waals surface area (Å²) in [6.07, 6.45) is 3.89. The summed E-state index contributed by atoms with van der Waals surface area (Å²) < 4.78 is 24.7. The average molecular weight is 526 g/mol. The average Bonchev–Trinajstić information content (AvgIpc) is 3.30. The molecule has 0 bridgehead atoms. The third-order valence-corrected chi connectivity index (χ3v) is 10.6. The zero-order valence-electron chi connectivity index (χ0n) is 21.0. The van der Waals surface area contributed by atoms with Gasteiger partial charge in [-0.15, -0.1) is 0 Å². The van der Waals surface area contributed by atoms with Crippen molar-refractivity contribution in [3.8, 4) is 0 Å². The fourth-order valence-electron chi connectivity index (χ4n) is 5.53. The van der Waals surface area contributed by atoms with Crippen LogP contribution in [0.4, 0.5) is 11.4 Å². The SMILES string of the molecule is CC(C)CC(=O)N=C1SC2CS(=O)(=O)CC2N1c1ccc(N2CCC(Cc3ccccc3)CC2)cc1. The Hall–Kier alpha value is -2.32. The van der Waals surface area contributed by atoms with Gasteiger partial charge in [-0.3, -0.25) is 4.79 Å². The molecular weight excluding hydrogens is 490 g/mol. The van der Waals surface area contributed by atoms with E-state index in [9.17, 15) is 13.2 Å². The molecule has 0 radical (unpaired) electrons. The van der Waals surface area contributed by atoms with Crippen molar-refractivity contribution in [1.29, 1.82) is 0 Å². The molecule has 5 rings (SSSR count). The van der Waals surface area contributed by atoms with Crippen molar-refractivity contribution in [1.82, 2.24) is 0 Å². The molecule has 6 nitrogen and oxygen atoms in total. The van der Waals surface area contributed by atoms with Gasteiger partial charge in [0.2, 0.25) is 5.91 Å². The smallest absolute Gasteiger partial charge is 0.248 e. The van der Waals surface area contributed by atoms with Crippen LogP contribution in [-0.2, 0) is 21.1 Å². The van der Waals surface area contributed by atoms with Crippen molar-refractivity contribution in [3.05, 3.63) is 60.2 Å². The molecular formula is C28H35N3O3S2. The normalized spacial score (nSPS) is 25.0. The maximum absolute atomic E-state index is 12.5. The van der Waals surface area contributed by atoms with E-state index in [1.54, 1.807) is 0 Å². The molecule has 0 saturated carbocycles. The number of fused-ring (bicyclic) bond motifs is 1. The Balaban J connectivity index is 1.28. The summed E-state index contributed by atoms with van der Waals surface area (Å²) in [5, 5.41) is 0.559. The molecule has 0 N–H and O–H groups in total. The van der Waals surface area contributed by atoms with Crippen molar-refractivity contribution in [3.63, 3.8) is 0 Å². The first-order chi connectivity index (χ1) is 17.3. The standard InChI is InChI=1S/C28H35N3O3S2/c1-20(2)16-27(32)29-28-31(25-18-36(33,34)19-26(25)35-28)24-10-8-23(9-11-24)30-14-12-22(13-15-30)17-21-6-4-3-5-7-21/h3-11,20,22,25-26H,12-19H2,1-2H3. The first kappa shape index (κ1) is 25.3. The van der Waals surface area contributed by atoms with E-state index in [2.05, 4.69) is 64.5 Å². The van der Waals surface area contributed by atoms with Crippen LogP contribution >= 0.6 is 11.8 Å². The van der Waals surface area contributed by atoms with Crippen LogP contribution in [0.2, 0.25) is 0 Å². The summed E-state index contributed by atoms with van der Waals surface area (Å²) in [5.41, 5.74) is 3.51. The second-order valence-electron chi connectivity index (χ2n) is 10.7. The summed E-state index contributed by atoms with van der Waals surface area (Å²) >= 11 is 1.44. The molecule has 0 aliphatic carbocycles. The minimum absolute atomic E-state index is 0.0797. The number of anilines is 2.